The number of pyridine rings is 1. The van der Waals surface area contributed by atoms with Gasteiger partial charge in [0.2, 0.25) is 5.88 Å². The maximum absolute atomic E-state index is 14.3. The first kappa shape index (κ1) is 45.4. The Morgan fingerprint density at radius 1 is 0.924 bits per heavy atom. The number of allylic oxidation sites excluding steroid dienone is 1. The van der Waals surface area contributed by atoms with E-state index in [9.17, 15) is 23.3 Å². The largest absolute Gasteiger partial charge is 0.474 e. The average Bonchev–Trinajstić information content (AvgIpc) is 3.78. The van der Waals surface area contributed by atoms with Crippen LogP contribution in [0.25, 0.3) is 16.6 Å². The van der Waals surface area contributed by atoms with Crippen molar-refractivity contribution < 1.29 is 27.6 Å². The zero-order chi connectivity index (χ0) is 46.0. The van der Waals surface area contributed by atoms with E-state index in [1.165, 1.54) is 28.8 Å². The van der Waals surface area contributed by atoms with E-state index < -0.39 is 31.4 Å². The van der Waals surface area contributed by atoms with Gasteiger partial charge in [-0.2, -0.15) is 4.98 Å². The van der Waals surface area contributed by atoms with E-state index in [0.29, 0.717) is 49.2 Å². The molecule has 1 amide bonds. The summed E-state index contributed by atoms with van der Waals surface area (Å²) in [6.45, 7) is 13.7. The van der Waals surface area contributed by atoms with Crippen LogP contribution < -0.4 is 24.6 Å². The number of aromatic nitrogens is 2. The van der Waals surface area contributed by atoms with Gasteiger partial charge in [-0.15, -0.1) is 0 Å². The van der Waals surface area contributed by atoms with Crippen molar-refractivity contribution in [3.05, 3.63) is 111 Å². The highest BCUT2D eigenvalue weighted by atomic mass is 35.5. The summed E-state index contributed by atoms with van der Waals surface area (Å²) < 4.78 is 41.5. The summed E-state index contributed by atoms with van der Waals surface area (Å²) >= 11 is 6.27. The molecule has 0 bridgehead atoms. The Hall–Kier alpha value is -5.72. The van der Waals surface area contributed by atoms with E-state index in [1.807, 2.05) is 41.3 Å². The second kappa shape index (κ2) is 19.2. The molecule has 4 aliphatic rings. The molecular formula is C48H56ClN9O7S. The van der Waals surface area contributed by atoms with Gasteiger partial charge in [0.25, 0.3) is 21.6 Å². The van der Waals surface area contributed by atoms with Crippen LogP contribution in [0.4, 0.5) is 28.4 Å². The van der Waals surface area contributed by atoms with Crippen molar-refractivity contribution in [1.29, 1.82) is 0 Å². The lowest BCUT2D eigenvalue weighted by molar-refractivity contribution is -0.384. The zero-order valence-electron chi connectivity index (χ0n) is 37.4. The average molecular weight is 939 g/mol. The number of fused-ring (bicyclic) bond motifs is 2. The van der Waals surface area contributed by atoms with E-state index in [2.05, 4.69) is 55.7 Å². The van der Waals surface area contributed by atoms with Crippen molar-refractivity contribution in [2.24, 2.45) is 5.41 Å². The molecule has 3 aromatic carbocycles. The van der Waals surface area contributed by atoms with Crippen LogP contribution in [0.5, 0.6) is 5.88 Å². The van der Waals surface area contributed by atoms with Crippen molar-refractivity contribution >= 4 is 72.6 Å². The number of hydrogen-bond donors (Lipinski definition) is 3. The van der Waals surface area contributed by atoms with E-state index in [1.54, 1.807) is 12.3 Å². The number of nitrogens with zero attached hydrogens (tertiary/aromatic N) is 6. The van der Waals surface area contributed by atoms with E-state index >= 15 is 0 Å². The van der Waals surface area contributed by atoms with Crippen LogP contribution >= 0.6 is 11.6 Å². The van der Waals surface area contributed by atoms with Crippen LogP contribution in [0, 0.1) is 15.5 Å². The third-order valence-corrected chi connectivity index (χ3v) is 14.7. The summed E-state index contributed by atoms with van der Waals surface area (Å²) in [7, 11) is -4.56. The van der Waals surface area contributed by atoms with Gasteiger partial charge in [-0.3, -0.25) is 24.7 Å². The molecule has 5 aromatic rings. The maximum Gasteiger partial charge on any atom is 0.293 e. The normalized spacial score (nSPS) is 18.2. The topological polar surface area (TPSA) is 179 Å². The minimum absolute atomic E-state index is 0.109. The molecule has 66 heavy (non-hydrogen) atoms. The van der Waals surface area contributed by atoms with Gasteiger partial charge in [0.05, 0.1) is 40.8 Å². The SMILES string of the molecule is CC1(C)CCC(CN2CCN(c3ccc(C(=O)NS(=O)(=O)c4ccc(NCCCN5CCOCC5)c([N+](=O)[O-])c4)c(N4CCOc5nc6[nH]ccc6cc54)c3)CC2)=C(c2ccc(Cl)cc2)C1. The summed E-state index contributed by atoms with van der Waals surface area (Å²) in [5, 5.41) is 16.9. The summed E-state index contributed by atoms with van der Waals surface area (Å²) in [6.07, 6.45) is 5.73. The number of nitro benzene ring substituents is 1. The fourth-order valence-corrected chi connectivity index (χ4v) is 10.6. The van der Waals surface area contributed by atoms with Crippen LogP contribution in [-0.2, 0) is 14.8 Å². The van der Waals surface area contributed by atoms with Gasteiger partial charge in [0.15, 0.2) is 0 Å². The number of nitro groups is 1. The lowest BCUT2D eigenvalue weighted by atomic mass is 9.72. The molecule has 2 aromatic heterocycles. The summed E-state index contributed by atoms with van der Waals surface area (Å²) in [6, 6.07) is 21.1. The van der Waals surface area contributed by atoms with Crippen LogP contribution in [0.1, 0.15) is 55.5 Å². The van der Waals surface area contributed by atoms with Gasteiger partial charge in [0.1, 0.15) is 23.6 Å². The summed E-state index contributed by atoms with van der Waals surface area (Å²) in [4.78, 5) is 42.3. The molecule has 1 aliphatic carbocycles. The first-order valence-corrected chi connectivity index (χ1v) is 24.5. The zero-order valence-corrected chi connectivity index (χ0v) is 38.9. The highest BCUT2D eigenvalue weighted by Crippen LogP contribution is 2.44. The molecule has 18 heteroatoms. The third-order valence-electron chi connectivity index (χ3n) is 13.1. The van der Waals surface area contributed by atoms with Crippen molar-refractivity contribution in [3.8, 4) is 5.88 Å². The number of hydrogen-bond acceptors (Lipinski definition) is 13. The fraction of sp³-hybridized carbons (Fsp3) is 0.417. The number of benzene rings is 3. The van der Waals surface area contributed by atoms with Gasteiger partial charge in [-0.1, -0.05) is 43.2 Å². The Morgan fingerprint density at radius 2 is 1.71 bits per heavy atom. The molecular weight excluding hydrogens is 882 g/mol. The third kappa shape index (κ3) is 10.1. The quantitative estimate of drug-likeness (QED) is 0.0561. The van der Waals surface area contributed by atoms with Gasteiger partial charge in [0, 0.05) is 80.7 Å². The fourth-order valence-electron chi connectivity index (χ4n) is 9.45. The molecule has 3 N–H and O–H groups in total. The highest BCUT2D eigenvalue weighted by Gasteiger charge is 2.32. The first-order valence-electron chi connectivity index (χ1n) is 22.7. The molecule has 0 radical (unpaired) electrons. The Morgan fingerprint density at radius 3 is 2.48 bits per heavy atom. The maximum atomic E-state index is 14.3. The number of H-pyrrole nitrogens is 1. The Kier molecular flexibility index (Phi) is 13.3. The Labute approximate surface area is 390 Å². The summed E-state index contributed by atoms with van der Waals surface area (Å²) in [5.74, 6) is -0.492. The molecule has 0 saturated carbocycles. The number of sulfonamides is 1. The van der Waals surface area contributed by atoms with E-state index in [4.69, 9.17) is 26.1 Å². The van der Waals surface area contributed by atoms with Gasteiger partial charge in [-0.05, 0) is 103 Å². The molecule has 0 atom stereocenters. The number of ether oxygens (including phenoxy) is 2. The number of nitrogens with one attached hydrogen (secondary N) is 3. The molecule has 0 unspecified atom stereocenters. The van der Waals surface area contributed by atoms with Gasteiger partial charge < -0.3 is 29.6 Å². The highest BCUT2D eigenvalue weighted by molar-refractivity contribution is 7.90. The first-order chi connectivity index (χ1) is 31.8. The molecule has 348 valence electrons. The Bertz CT molecular complexity index is 2750. The lowest BCUT2D eigenvalue weighted by Crippen LogP contribution is -2.47. The molecule has 2 saturated heterocycles. The van der Waals surface area contributed by atoms with E-state index in [0.717, 1.165) is 100 Å². The number of carbonyl (C=O) groups excluding carboxylic acids is 1. The number of halogens is 1. The molecule has 9 rings (SSSR count). The van der Waals surface area contributed by atoms with Gasteiger partial charge >= 0.3 is 0 Å². The number of aromatic amines is 1. The number of rotatable bonds is 14. The minimum Gasteiger partial charge on any atom is -0.474 e. The number of carbonyl (C=O) groups is 1. The predicted octanol–water partition coefficient (Wildman–Crippen LogP) is 7.69. The smallest absolute Gasteiger partial charge is 0.293 e. The second-order valence-corrected chi connectivity index (χ2v) is 20.3. The van der Waals surface area contributed by atoms with E-state index in [-0.39, 0.29) is 23.3 Å². The number of anilines is 4. The standard InChI is InChI=1S/C48H56ClN9O7S/c1-48(2)14-12-35(40(31-48)33-4-6-36(49)7-5-33)32-55-18-20-56(21-19-55)37-8-10-39(42(29-37)57-24-27-65-47-44(57)28-34-13-16-51-45(34)52-47)46(59)53-66(62,63)38-9-11-41(43(30-38)58(60)61)50-15-3-17-54-22-25-64-26-23-54/h4-11,13,16,28-30,50H,3,12,14-15,17-27,31-32H2,1-2H3,(H,51,52)(H,53,59). The van der Waals surface area contributed by atoms with Crippen molar-refractivity contribution in [2.45, 2.75) is 44.4 Å². The molecule has 0 spiro atoms. The van der Waals surface area contributed by atoms with Crippen LogP contribution in [0.2, 0.25) is 5.02 Å². The van der Waals surface area contributed by atoms with Crippen molar-refractivity contribution in [1.82, 2.24) is 24.5 Å². The van der Waals surface area contributed by atoms with Crippen LogP contribution in [-0.4, -0.2) is 124 Å². The van der Waals surface area contributed by atoms with Crippen LogP contribution in [0.3, 0.4) is 0 Å². The molecule has 5 heterocycles. The van der Waals surface area contributed by atoms with Crippen LogP contribution in [0.15, 0.2) is 89.5 Å². The number of morpholine rings is 1. The molecule has 16 nitrogen and oxygen atoms in total. The number of amides is 1. The number of piperazine rings is 1. The molecule has 2 fully saturated rings. The molecule has 3 aliphatic heterocycles. The minimum atomic E-state index is -4.56. The predicted molar refractivity (Wildman–Crippen MR) is 258 cm³/mol. The van der Waals surface area contributed by atoms with Crippen molar-refractivity contribution in [2.75, 3.05) is 100 Å². The summed E-state index contributed by atoms with van der Waals surface area (Å²) in [5.41, 5.74) is 6.91. The Balaban J connectivity index is 0.952. The van der Waals surface area contributed by atoms with Crippen molar-refractivity contribution in [3.63, 3.8) is 0 Å². The van der Waals surface area contributed by atoms with Gasteiger partial charge in [-0.25, -0.2) is 13.1 Å². The second-order valence-electron chi connectivity index (χ2n) is 18.2. The lowest BCUT2D eigenvalue weighted by Gasteiger charge is -2.39. The monoisotopic (exact) mass is 937 g/mol.